The third-order valence-corrected chi connectivity index (χ3v) is 3.93. The maximum Gasteiger partial charge on any atom is 0.146 e. The van der Waals surface area contributed by atoms with Crippen molar-refractivity contribution in [2.45, 2.75) is 6.04 Å². The van der Waals surface area contributed by atoms with Crippen molar-refractivity contribution in [2.75, 3.05) is 19.0 Å². The van der Waals surface area contributed by atoms with Crippen LogP contribution in [0.15, 0.2) is 36.4 Å². The Morgan fingerprint density at radius 3 is 2.71 bits per heavy atom. The molecular formula is C15H15Cl2FN2O. The average molecular weight is 329 g/mol. The summed E-state index contributed by atoms with van der Waals surface area (Å²) in [5.41, 5.74) is 6.78. The topological polar surface area (TPSA) is 47.3 Å². The summed E-state index contributed by atoms with van der Waals surface area (Å²) < 4.78 is 19.0. The number of hydrogen-bond donors (Lipinski definition) is 2. The Hall–Kier alpha value is -1.49. The molecule has 1 unspecified atom stereocenters. The van der Waals surface area contributed by atoms with Crippen molar-refractivity contribution in [3.05, 3.63) is 57.8 Å². The lowest BCUT2D eigenvalue weighted by Gasteiger charge is -2.21. The zero-order valence-electron chi connectivity index (χ0n) is 11.4. The van der Waals surface area contributed by atoms with E-state index in [1.165, 1.54) is 13.2 Å². The van der Waals surface area contributed by atoms with Gasteiger partial charge in [-0.1, -0.05) is 35.3 Å². The zero-order chi connectivity index (χ0) is 15.4. The molecule has 0 saturated heterocycles. The lowest BCUT2D eigenvalue weighted by Crippen LogP contribution is -2.21. The number of benzene rings is 2. The van der Waals surface area contributed by atoms with Crippen LogP contribution in [0, 0.1) is 5.82 Å². The summed E-state index contributed by atoms with van der Waals surface area (Å²) in [5.74, 6) is 0.152. The molecule has 0 aliphatic carbocycles. The number of hydrogen-bond acceptors (Lipinski definition) is 3. The first-order valence-electron chi connectivity index (χ1n) is 6.31. The summed E-state index contributed by atoms with van der Waals surface area (Å²) >= 11 is 12.2. The molecule has 0 fully saturated rings. The zero-order valence-corrected chi connectivity index (χ0v) is 12.9. The molecule has 0 aliphatic rings. The summed E-state index contributed by atoms with van der Waals surface area (Å²) in [5, 5.41) is 3.87. The smallest absolute Gasteiger partial charge is 0.146 e. The molecule has 0 aliphatic heterocycles. The molecule has 2 rings (SSSR count). The first kappa shape index (κ1) is 15.9. The van der Waals surface area contributed by atoms with Gasteiger partial charge in [0, 0.05) is 12.6 Å². The molecule has 21 heavy (non-hydrogen) atoms. The second kappa shape index (κ2) is 6.98. The highest BCUT2D eigenvalue weighted by Gasteiger charge is 2.16. The first-order valence-corrected chi connectivity index (χ1v) is 7.06. The van der Waals surface area contributed by atoms with Crippen LogP contribution in [0.2, 0.25) is 10.0 Å². The predicted molar refractivity (Wildman–Crippen MR) is 84.8 cm³/mol. The number of anilines is 1. The Kier molecular flexibility index (Phi) is 5.28. The lowest BCUT2D eigenvalue weighted by atomic mass is 10.1. The maximum atomic E-state index is 13.9. The molecule has 0 radical (unpaired) electrons. The van der Waals surface area contributed by atoms with E-state index in [4.69, 9.17) is 33.7 Å². The van der Waals surface area contributed by atoms with Gasteiger partial charge >= 0.3 is 0 Å². The molecule has 0 amide bonds. The second-order valence-corrected chi connectivity index (χ2v) is 5.21. The van der Waals surface area contributed by atoms with Crippen molar-refractivity contribution in [1.82, 2.24) is 0 Å². The van der Waals surface area contributed by atoms with Crippen LogP contribution in [-0.4, -0.2) is 13.7 Å². The van der Waals surface area contributed by atoms with Gasteiger partial charge in [-0.15, -0.1) is 0 Å². The molecule has 0 aromatic heterocycles. The molecule has 1 atom stereocenters. The summed E-state index contributed by atoms with van der Waals surface area (Å²) in [6.45, 7) is 0.233. The molecule has 3 N–H and O–H groups in total. The van der Waals surface area contributed by atoms with Crippen LogP contribution < -0.4 is 15.8 Å². The summed E-state index contributed by atoms with van der Waals surface area (Å²) in [7, 11) is 1.52. The van der Waals surface area contributed by atoms with Crippen molar-refractivity contribution in [3.63, 3.8) is 0 Å². The number of ether oxygens (including phenoxy) is 1. The predicted octanol–water partition coefficient (Wildman–Crippen LogP) is 4.25. The van der Waals surface area contributed by atoms with Crippen molar-refractivity contribution in [3.8, 4) is 5.75 Å². The number of rotatable bonds is 5. The Morgan fingerprint density at radius 2 is 2.05 bits per heavy atom. The quantitative estimate of drug-likeness (QED) is 0.862. The van der Waals surface area contributed by atoms with E-state index in [1.54, 1.807) is 30.3 Å². The van der Waals surface area contributed by atoms with Gasteiger partial charge in [0.2, 0.25) is 0 Å². The Bertz CT molecular complexity index is 637. The van der Waals surface area contributed by atoms with Gasteiger partial charge < -0.3 is 15.8 Å². The first-order chi connectivity index (χ1) is 10.1. The van der Waals surface area contributed by atoms with E-state index in [9.17, 15) is 4.39 Å². The van der Waals surface area contributed by atoms with Crippen LogP contribution in [-0.2, 0) is 0 Å². The molecule has 0 bridgehead atoms. The molecule has 0 saturated carbocycles. The second-order valence-electron chi connectivity index (χ2n) is 4.42. The number of methoxy groups -OCH3 is 1. The fourth-order valence-corrected chi connectivity index (χ4v) is 2.42. The monoisotopic (exact) mass is 328 g/mol. The van der Waals surface area contributed by atoms with Crippen molar-refractivity contribution < 1.29 is 9.13 Å². The fourth-order valence-electron chi connectivity index (χ4n) is 1.98. The van der Waals surface area contributed by atoms with Crippen molar-refractivity contribution in [1.29, 1.82) is 0 Å². The van der Waals surface area contributed by atoms with Crippen LogP contribution in [0.1, 0.15) is 11.6 Å². The van der Waals surface area contributed by atoms with Gasteiger partial charge in [-0.2, -0.15) is 0 Å². The third-order valence-electron chi connectivity index (χ3n) is 3.10. The molecule has 3 nitrogen and oxygen atoms in total. The molecule has 112 valence electrons. The Balaban J connectivity index is 2.33. The van der Waals surface area contributed by atoms with E-state index >= 15 is 0 Å². The SMILES string of the molecule is COc1ccc(F)c(NC(CN)c2cccc(Cl)c2Cl)c1. The van der Waals surface area contributed by atoms with Gasteiger partial charge in [0.1, 0.15) is 11.6 Å². The lowest BCUT2D eigenvalue weighted by molar-refractivity contribution is 0.414. The highest BCUT2D eigenvalue weighted by atomic mass is 35.5. The average Bonchev–Trinajstić information content (AvgIpc) is 2.49. The summed E-state index contributed by atoms with van der Waals surface area (Å²) in [4.78, 5) is 0. The third kappa shape index (κ3) is 3.59. The highest BCUT2D eigenvalue weighted by Crippen LogP contribution is 2.32. The van der Waals surface area contributed by atoms with Gasteiger partial charge in [-0.25, -0.2) is 4.39 Å². The van der Waals surface area contributed by atoms with Gasteiger partial charge in [0.15, 0.2) is 0 Å². The van der Waals surface area contributed by atoms with Crippen molar-refractivity contribution in [2.24, 2.45) is 5.73 Å². The minimum Gasteiger partial charge on any atom is -0.497 e. The van der Waals surface area contributed by atoms with E-state index in [-0.39, 0.29) is 12.6 Å². The Morgan fingerprint density at radius 1 is 1.29 bits per heavy atom. The van der Waals surface area contributed by atoms with Gasteiger partial charge in [0.25, 0.3) is 0 Å². The molecule has 0 spiro atoms. The van der Waals surface area contributed by atoms with E-state index < -0.39 is 5.82 Å². The minimum atomic E-state index is -0.396. The summed E-state index contributed by atoms with van der Waals surface area (Å²) in [6.07, 6.45) is 0. The van der Waals surface area contributed by atoms with Crippen LogP contribution >= 0.6 is 23.2 Å². The van der Waals surface area contributed by atoms with Crippen LogP contribution in [0.4, 0.5) is 10.1 Å². The molecule has 0 heterocycles. The van der Waals surface area contributed by atoms with Crippen LogP contribution in [0.25, 0.3) is 0 Å². The number of nitrogens with two attached hydrogens (primary N) is 1. The molecule has 2 aromatic rings. The number of nitrogens with one attached hydrogen (secondary N) is 1. The van der Waals surface area contributed by atoms with Gasteiger partial charge in [-0.05, 0) is 23.8 Å². The fraction of sp³-hybridized carbons (Fsp3) is 0.200. The van der Waals surface area contributed by atoms with Crippen molar-refractivity contribution >= 4 is 28.9 Å². The molecular weight excluding hydrogens is 314 g/mol. The van der Waals surface area contributed by atoms with E-state index in [1.807, 2.05) is 0 Å². The van der Waals surface area contributed by atoms with Crippen LogP contribution in [0.5, 0.6) is 5.75 Å². The normalized spacial score (nSPS) is 12.0. The van der Waals surface area contributed by atoms with Gasteiger partial charge in [-0.3, -0.25) is 0 Å². The minimum absolute atomic E-state index is 0.233. The van der Waals surface area contributed by atoms with E-state index in [0.29, 0.717) is 27.0 Å². The molecule has 6 heteroatoms. The van der Waals surface area contributed by atoms with E-state index in [2.05, 4.69) is 5.32 Å². The van der Waals surface area contributed by atoms with E-state index in [0.717, 1.165) is 0 Å². The summed E-state index contributed by atoms with van der Waals surface area (Å²) in [6, 6.07) is 9.34. The largest absolute Gasteiger partial charge is 0.497 e. The molecule has 2 aromatic carbocycles. The Labute approximate surface area is 132 Å². The number of halogens is 3. The maximum absolute atomic E-state index is 13.9. The highest BCUT2D eigenvalue weighted by molar-refractivity contribution is 6.42. The van der Waals surface area contributed by atoms with Crippen LogP contribution in [0.3, 0.4) is 0 Å². The van der Waals surface area contributed by atoms with Gasteiger partial charge in [0.05, 0.1) is 28.9 Å². The standard InChI is InChI=1S/C15H15Cl2FN2O/c1-21-9-5-6-12(18)13(7-9)20-14(8-19)10-3-2-4-11(16)15(10)17/h2-7,14,20H,8,19H2,1H3.